The molecule has 9 rings (SSSR count). The maximum absolute atomic E-state index is 12.3. The van der Waals surface area contributed by atoms with Crippen LogP contribution in [0.2, 0.25) is 0 Å². The Bertz CT molecular complexity index is 2670. The fraction of sp³-hybridized carbons (Fsp3) is 0.435. The molecule has 2 aromatic carbocycles. The van der Waals surface area contributed by atoms with E-state index in [0.717, 1.165) is 4.90 Å². The first kappa shape index (κ1) is 55.7. The van der Waals surface area contributed by atoms with Crippen LogP contribution in [0.25, 0.3) is 0 Å². The number of hydrogen-bond acceptors (Lipinski definition) is 17. The van der Waals surface area contributed by atoms with E-state index in [1.807, 2.05) is 17.6 Å². The number of nitrogens with two attached hydrogens (primary N) is 3. The highest BCUT2D eigenvalue weighted by Crippen LogP contribution is 2.52. The van der Waals surface area contributed by atoms with Gasteiger partial charge >= 0.3 is 17.9 Å². The number of aromatic nitrogens is 1. The van der Waals surface area contributed by atoms with Crippen LogP contribution in [0, 0.1) is 0 Å². The second-order valence-corrected chi connectivity index (χ2v) is 25.2. The van der Waals surface area contributed by atoms with Gasteiger partial charge in [0.15, 0.2) is 9.84 Å². The van der Waals surface area contributed by atoms with Crippen molar-refractivity contribution in [2.45, 2.75) is 121 Å². The lowest BCUT2D eigenvalue weighted by molar-refractivity contribution is -0.161. The first-order valence-corrected chi connectivity index (χ1v) is 25.7. The van der Waals surface area contributed by atoms with E-state index in [-0.39, 0.29) is 34.9 Å². The van der Waals surface area contributed by atoms with E-state index in [2.05, 4.69) is 15.6 Å². The van der Waals surface area contributed by atoms with Crippen LogP contribution in [0.4, 0.5) is 0 Å². The lowest BCUT2D eigenvalue weighted by Gasteiger charge is -2.43. The van der Waals surface area contributed by atoms with Gasteiger partial charge in [0.2, 0.25) is 29.5 Å². The van der Waals surface area contributed by atoms with Crippen molar-refractivity contribution in [1.29, 1.82) is 0 Å². The molecule has 10 atom stereocenters. The Labute approximate surface area is 427 Å². The molecule has 12 N–H and O–H groups in total. The normalized spacial score (nSPS) is 27.5. The summed E-state index contributed by atoms with van der Waals surface area (Å²) in [7, 11) is -3.57. The van der Waals surface area contributed by atoms with E-state index in [0.29, 0.717) is 16.7 Å². The number of nitrogens with zero attached hydrogens (tertiary/aromatic N) is 4. The Morgan fingerprint density at radius 3 is 1.36 bits per heavy atom. The molecule has 0 spiro atoms. The molecular weight excluding hydrogens is 1010 g/mol. The molecular formula is C46H56N10O14S3. The standard InChI is InChI=1S/2C16H19N3O4S.C8H11NO5S.C6H7N3O/c2*1-16(2)11(15(22)23)19-13(21)10(14(19)24-16)18-12(20)9(17)8-6-4-3-5-7-8;1-8(2)6(7(11)12)9-4(10)3-5(9)15(8,13)14;7-9-6(10)5-1-3-8-4-2-5/h2*3-7,9-11,14H,17H2,1-2H3,(H,18,20)(H,22,23);5-6H,3H2,1-2H3,(H,11,12);1-4H,7H2,(H,9,10)/t2*9-,10-,11+,14-;5-,6+;/m111./s1. The van der Waals surface area contributed by atoms with Crippen LogP contribution in [-0.2, 0) is 48.2 Å². The fourth-order valence-electron chi connectivity index (χ4n) is 9.22. The smallest absolute Gasteiger partial charge is 0.328 e. The Morgan fingerprint density at radius 2 is 1.03 bits per heavy atom. The third-order valence-corrected chi connectivity index (χ3v) is 19.1. The minimum Gasteiger partial charge on any atom is -0.480 e. The molecule has 3 aromatic rings. The van der Waals surface area contributed by atoms with Crippen molar-refractivity contribution in [2.75, 3.05) is 0 Å². The van der Waals surface area contributed by atoms with Crippen LogP contribution in [-0.4, -0.2) is 157 Å². The Morgan fingerprint density at radius 1 is 0.644 bits per heavy atom. The first-order chi connectivity index (χ1) is 34.0. The number of thioether (sulfide) groups is 2. The predicted octanol–water partition coefficient (Wildman–Crippen LogP) is -0.474. The number of carboxylic acids is 3. The summed E-state index contributed by atoms with van der Waals surface area (Å²) in [6.07, 6.45) is 2.98. The maximum Gasteiger partial charge on any atom is 0.328 e. The van der Waals surface area contributed by atoms with Crippen LogP contribution < -0.4 is 33.4 Å². The topological polar surface area (TPSA) is 385 Å². The number of carbonyl (C=O) groups excluding carboxylic acids is 6. The molecule has 24 nitrogen and oxygen atoms in total. The van der Waals surface area contributed by atoms with E-state index < -0.39 is 107 Å². The highest BCUT2D eigenvalue weighted by molar-refractivity contribution is 8.02. The summed E-state index contributed by atoms with van der Waals surface area (Å²) in [4.78, 5) is 113. The third kappa shape index (κ3) is 10.5. The number of nitrogen functional groups attached to an aromatic ring is 1. The molecule has 0 bridgehead atoms. The van der Waals surface area contributed by atoms with Crippen LogP contribution in [0.3, 0.4) is 0 Å². The molecule has 7 heterocycles. The van der Waals surface area contributed by atoms with Gasteiger partial charge in [-0.25, -0.2) is 28.6 Å². The van der Waals surface area contributed by atoms with Gasteiger partial charge < -0.3 is 52.1 Å². The number of β-lactam (4-membered cyclic amide) rings is 3. The second-order valence-electron chi connectivity index (χ2n) is 19.0. The summed E-state index contributed by atoms with van der Waals surface area (Å²) in [5, 5.41) is 31.4. The van der Waals surface area contributed by atoms with E-state index in [9.17, 15) is 61.8 Å². The molecule has 6 saturated heterocycles. The van der Waals surface area contributed by atoms with Gasteiger partial charge in [-0.1, -0.05) is 60.7 Å². The molecule has 0 saturated carbocycles. The molecule has 1 aromatic heterocycles. The number of hydrazine groups is 1. The fourth-order valence-corrected chi connectivity index (χ4v) is 14.6. The summed E-state index contributed by atoms with van der Waals surface area (Å²) in [5.74, 6) is -0.799. The second kappa shape index (κ2) is 21.1. The van der Waals surface area contributed by atoms with E-state index in [4.69, 9.17) is 22.4 Å². The van der Waals surface area contributed by atoms with Gasteiger partial charge in [0, 0.05) is 27.5 Å². The Kier molecular flexibility index (Phi) is 16.1. The molecule has 0 aliphatic carbocycles. The van der Waals surface area contributed by atoms with Crippen molar-refractivity contribution in [2.24, 2.45) is 17.3 Å². The number of sulfone groups is 1. The number of carbonyl (C=O) groups is 9. The molecule has 0 radical (unpaired) electrons. The van der Waals surface area contributed by atoms with Crippen molar-refractivity contribution in [3.8, 4) is 0 Å². The van der Waals surface area contributed by atoms with E-state index in [1.54, 1.807) is 88.4 Å². The molecule has 6 aliphatic rings. The number of amides is 6. The minimum absolute atomic E-state index is 0.0878. The highest BCUT2D eigenvalue weighted by atomic mass is 32.2. The van der Waals surface area contributed by atoms with Crippen molar-refractivity contribution in [1.82, 2.24) is 35.7 Å². The van der Waals surface area contributed by atoms with Gasteiger partial charge in [-0.2, -0.15) is 0 Å². The van der Waals surface area contributed by atoms with Gasteiger partial charge in [0.05, 0.1) is 11.2 Å². The van der Waals surface area contributed by atoms with Crippen molar-refractivity contribution >= 4 is 86.7 Å². The van der Waals surface area contributed by atoms with Crippen LogP contribution in [0.15, 0.2) is 85.2 Å². The van der Waals surface area contributed by atoms with Gasteiger partial charge in [-0.05, 0) is 64.8 Å². The number of hydrogen-bond donors (Lipinski definition) is 9. The zero-order valence-corrected chi connectivity index (χ0v) is 42.6. The van der Waals surface area contributed by atoms with Crippen LogP contribution in [0.1, 0.15) is 81.5 Å². The minimum atomic E-state index is -3.57. The van der Waals surface area contributed by atoms with Gasteiger partial charge in [0.25, 0.3) is 5.91 Å². The Hall–Kier alpha value is -6.65. The van der Waals surface area contributed by atoms with E-state index in [1.165, 1.54) is 59.6 Å². The summed E-state index contributed by atoms with van der Waals surface area (Å²) >= 11 is 2.77. The van der Waals surface area contributed by atoms with Gasteiger partial charge in [-0.15, -0.1) is 23.5 Å². The molecule has 6 amide bonds. The molecule has 392 valence electrons. The number of benzene rings is 2. The zero-order valence-electron chi connectivity index (χ0n) is 40.1. The summed E-state index contributed by atoms with van der Waals surface area (Å²) < 4.78 is 21.1. The van der Waals surface area contributed by atoms with Gasteiger partial charge in [0.1, 0.15) is 58.4 Å². The average Bonchev–Trinajstić information content (AvgIpc) is 3.82. The largest absolute Gasteiger partial charge is 0.480 e. The summed E-state index contributed by atoms with van der Waals surface area (Å²) in [6, 6.07) is 14.7. The maximum atomic E-state index is 12.3. The van der Waals surface area contributed by atoms with Crippen molar-refractivity contribution in [3.63, 3.8) is 0 Å². The molecule has 27 heteroatoms. The SMILES string of the molecule is CC1(C)S[C@@H]2[C@H](NC(=O)[C@H](N)c3ccccc3)C(=O)N2[C@H]1C(=O)O.CC1(C)S[C@@H]2[C@H](NC(=O)[C@H](N)c3ccccc3)C(=O)N2[C@H]1C(=O)O.CC1(C)[C@H](C(=O)O)N2C(=O)C[C@H]2S1(=O)=O.NNC(=O)c1ccncc1. The quantitative estimate of drug-likeness (QED) is 0.0536. The van der Waals surface area contributed by atoms with Crippen LogP contribution in [0.5, 0.6) is 0 Å². The first-order valence-electron chi connectivity index (χ1n) is 22.4. The van der Waals surface area contributed by atoms with Gasteiger partial charge in [-0.3, -0.25) is 39.2 Å². The van der Waals surface area contributed by atoms with E-state index >= 15 is 0 Å². The molecule has 0 unspecified atom stereocenters. The van der Waals surface area contributed by atoms with Crippen LogP contribution >= 0.6 is 23.5 Å². The molecule has 6 fully saturated rings. The summed E-state index contributed by atoms with van der Waals surface area (Å²) in [6.45, 7) is 9.86. The third-order valence-electron chi connectivity index (χ3n) is 13.1. The average molecular weight is 1070 g/mol. The lowest BCUT2D eigenvalue weighted by atomic mass is 9.95. The predicted molar refractivity (Wildman–Crippen MR) is 264 cm³/mol. The number of pyridine rings is 1. The summed E-state index contributed by atoms with van der Waals surface area (Å²) in [5.41, 5.74) is 15.7. The lowest BCUT2D eigenvalue weighted by Crippen LogP contribution is -2.71. The number of carboxylic acid groups (broad SMARTS) is 3. The van der Waals surface area contributed by atoms with Crippen molar-refractivity contribution in [3.05, 3.63) is 102 Å². The number of rotatable bonds is 10. The number of nitrogens with one attached hydrogen (secondary N) is 3. The molecule has 6 aliphatic heterocycles. The monoisotopic (exact) mass is 1070 g/mol. The highest BCUT2D eigenvalue weighted by Gasteiger charge is 2.68. The number of aliphatic carboxylic acids is 3. The zero-order chi connectivity index (χ0) is 54.3. The Balaban J connectivity index is 0.000000167. The number of fused-ring (bicyclic) bond motifs is 3. The molecule has 73 heavy (non-hydrogen) atoms. The van der Waals surface area contributed by atoms with Crippen molar-refractivity contribution < 1.29 is 66.9 Å².